The summed E-state index contributed by atoms with van der Waals surface area (Å²) in [6.45, 7) is 2.90. The molecule has 0 aliphatic rings. The van der Waals surface area contributed by atoms with Crippen LogP contribution in [0.4, 0.5) is 4.79 Å². The zero-order valence-electron chi connectivity index (χ0n) is 10.1. The van der Waals surface area contributed by atoms with Crippen molar-refractivity contribution in [1.29, 1.82) is 0 Å². The van der Waals surface area contributed by atoms with Crippen LogP contribution in [0.25, 0.3) is 0 Å². The Bertz CT molecular complexity index is 485. The quantitative estimate of drug-likeness (QED) is 0.774. The van der Waals surface area contributed by atoms with Gasteiger partial charge in [-0.3, -0.25) is 14.9 Å². The molecular weight excluding hydrogens is 236 g/mol. The van der Waals surface area contributed by atoms with Crippen LogP contribution in [0.3, 0.4) is 0 Å². The molecule has 96 valence electrons. The molecule has 0 saturated heterocycles. The molecule has 0 bridgehead atoms. The molecule has 1 rings (SSSR count). The van der Waals surface area contributed by atoms with Gasteiger partial charge in [0.25, 0.3) is 5.91 Å². The van der Waals surface area contributed by atoms with Gasteiger partial charge < -0.3 is 10.5 Å². The minimum Gasteiger partial charge on any atom is -0.481 e. The Morgan fingerprint density at radius 1 is 1.33 bits per heavy atom. The third kappa shape index (κ3) is 3.89. The summed E-state index contributed by atoms with van der Waals surface area (Å²) in [5, 5.41) is 1.91. The lowest BCUT2D eigenvalue weighted by Gasteiger charge is -2.13. The Labute approximate surface area is 104 Å². The maximum atomic E-state index is 11.4. The van der Waals surface area contributed by atoms with Crippen LogP contribution in [0, 0.1) is 0 Å². The summed E-state index contributed by atoms with van der Waals surface area (Å²) in [6, 6.07) is 5.48. The van der Waals surface area contributed by atoms with E-state index < -0.39 is 18.0 Å². The number of benzene rings is 1. The van der Waals surface area contributed by atoms with E-state index in [1.165, 1.54) is 19.9 Å². The lowest BCUT2D eigenvalue weighted by Crippen LogP contribution is -2.42. The molecule has 0 heterocycles. The van der Waals surface area contributed by atoms with E-state index in [1.807, 2.05) is 5.32 Å². The number of ether oxygens (including phenoxy) is 1. The van der Waals surface area contributed by atoms with Gasteiger partial charge in [0.2, 0.25) is 0 Å². The zero-order chi connectivity index (χ0) is 13.7. The summed E-state index contributed by atoms with van der Waals surface area (Å²) in [4.78, 5) is 33.0. The van der Waals surface area contributed by atoms with Gasteiger partial charge in [-0.1, -0.05) is 12.1 Å². The van der Waals surface area contributed by atoms with E-state index in [0.29, 0.717) is 11.3 Å². The van der Waals surface area contributed by atoms with Crippen molar-refractivity contribution in [1.82, 2.24) is 5.32 Å². The molecule has 1 aromatic rings. The maximum absolute atomic E-state index is 11.4. The van der Waals surface area contributed by atoms with Crippen molar-refractivity contribution in [3.63, 3.8) is 0 Å². The molecule has 1 atom stereocenters. The summed E-state index contributed by atoms with van der Waals surface area (Å²) in [5.41, 5.74) is 5.30. The van der Waals surface area contributed by atoms with E-state index in [9.17, 15) is 14.4 Å². The lowest BCUT2D eigenvalue weighted by atomic mass is 10.1. The number of urea groups is 1. The summed E-state index contributed by atoms with van der Waals surface area (Å²) < 4.78 is 5.30. The molecule has 0 aromatic heterocycles. The van der Waals surface area contributed by atoms with Crippen LogP contribution in [0.5, 0.6) is 5.75 Å². The molecular formula is C12H14N2O4. The van der Waals surface area contributed by atoms with Crippen molar-refractivity contribution in [3.8, 4) is 5.75 Å². The minimum absolute atomic E-state index is 0.102. The Morgan fingerprint density at radius 3 is 2.56 bits per heavy atom. The van der Waals surface area contributed by atoms with Crippen LogP contribution in [0.2, 0.25) is 0 Å². The van der Waals surface area contributed by atoms with Crippen molar-refractivity contribution in [3.05, 3.63) is 29.8 Å². The smallest absolute Gasteiger partial charge is 0.318 e. The number of amides is 3. The molecule has 0 fully saturated rings. The average molecular weight is 250 g/mol. The van der Waals surface area contributed by atoms with Crippen LogP contribution in [0.15, 0.2) is 24.3 Å². The highest BCUT2D eigenvalue weighted by molar-refractivity contribution is 5.96. The highest BCUT2D eigenvalue weighted by Crippen LogP contribution is 2.15. The zero-order valence-corrected chi connectivity index (χ0v) is 10.1. The van der Waals surface area contributed by atoms with Gasteiger partial charge >= 0.3 is 6.03 Å². The van der Waals surface area contributed by atoms with Gasteiger partial charge in [0.15, 0.2) is 11.9 Å². The van der Waals surface area contributed by atoms with Crippen LogP contribution < -0.4 is 15.8 Å². The fourth-order valence-electron chi connectivity index (χ4n) is 1.27. The first-order chi connectivity index (χ1) is 8.40. The number of carbonyl (C=O) groups is 3. The highest BCUT2D eigenvalue weighted by atomic mass is 16.5. The van der Waals surface area contributed by atoms with Gasteiger partial charge in [0, 0.05) is 5.56 Å². The summed E-state index contributed by atoms with van der Waals surface area (Å²) in [6.07, 6.45) is -0.889. The van der Waals surface area contributed by atoms with Crippen LogP contribution in [-0.4, -0.2) is 23.8 Å². The third-order valence-corrected chi connectivity index (χ3v) is 2.17. The Balaban J connectivity index is 2.72. The monoisotopic (exact) mass is 250 g/mol. The number of Topliss-reactive ketones (excluding diaryl/α,β-unsaturated/α-hetero) is 1. The number of carbonyl (C=O) groups excluding carboxylic acids is 3. The van der Waals surface area contributed by atoms with Gasteiger partial charge in [-0.05, 0) is 26.0 Å². The predicted octanol–water partition coefficient (Wildman–Crippen LogP) is 0.851. The molecule has 6 heteroatoms. The number of rotatable bonds is 4. The fraction of sp³-hybridized carbons (Fsp3) is 0.250. The van der Waals surface area contributed by atoms with Crippen molar-refractivity contribution in [2.45, 2.75) is 20.0 Å². The molecule has 3 N–H and O–H groups in total. The standard InChI is InChI=1S/C12H14N2O4/c1-7(15)9-4-3-5-10(6-9)18-8(2)11(16)14-12(13)17/h3-6,8H,1-2H3,(H3,13,14,16,17)/t8-/m1/s1. The van der Waals surface area contributed by atoms with Crippen molar-refractivity contribution in [2.75, 3.05) is 0 Å². The Hall–Kier alpha value is -2.37. The molecule has 0 radical (unpaired) electrons. The number of hydrogen-bond donors (Lipinski definition) is 2. The van der Waals surface area contributed by atoms with E-state index in [4.69, 9.17) is 10.5 Å². The van der Waals surface area contributed by atoms with E-state index in [-0.39, 0.29) is 5.78 Å². The number of imide groups is 1. The molecule has 1 aromatic carbocycles. The normalized spacial score (nSPS) is 11.4. The summed E-state index contributed by atoms with van der Waals surface area (Å²) in [5.74, 6) is -0.375. The van der Waals surface area contributed by atoms with Gasteiger partial charge in [-0.15, -0.1) is 0 Å². The highest BCUT2D eigenvalue weighted by Gasteiger charge is 2.16. The molecule has 0 unspecified atom stereocenters. The molecule has 0 aliphatic carbocycles. The minimum atomic E-state index is -0.937. The molecule has 0 saturated carbocycles. The van der Waals surface area contributed by atoms with E-state index >= 15 is 0 Å². The lowest BCUT2D eigenvalue weighted by molar-refractivity contribution is -0.126. The molecule has 18 heavy (non-hydrogen) atoms. The first-order valence-electron chi connectivity index (χ1n) is 5.28. The summed E-state index contributed by atoms with van der Waals surface area (Å²) in [7, 11) is 0. The third-order valence-electron chi connectivity index (χ3n) is 2.17. The first-order valence-corrected chi connectivity index (χ1v) is 5.28. The Kier molecular flexibility index (Phi) is 4.42. The predicted molar refractivity (Wildman–Crippen MR) is 64.3 cm³/mol. The number of hydrogen-bond acceptors (Lipinski definition) is 4. The van der Waals surface area contributed by atoms with Gasteiger partial charge in [0.1, 0.15) is 5.75 Å². The van der Waals surface area contributed by atoms with Crippen LogP contribution in [-0.2, 0) is 4.79 Å². The van der Waals surface area contributed by atoms with Gasteiger partial charge in [-0.2, -0.15) is 0 Å². The van der Waals surface area contributed by atoms with E-state index in [0.717, 1.165) is 0 Å². The molecule has 3 amide bonds. The largest absolute Gasteiger partial charge is 0.481 e. The SMILES string of the molecule is CC(=O)c1cccc(O[C@H](C)C(=O)NC(N)=O)c1. The van der Waals surface area contributed by atoms with E-state index in [2.05, 4.69) is 0 Å². The Morgan fingerprint density at radius 2 is 2.00 bits per heavy atom. The van der Waals surface area contributed by atoms with Gasteiger partial charge in [0.05, 0.1) is 0 Å². The summed E-state index contributed by atoms with van der Waals surface area (Å²) >= 11 is 0. The van der Waals surface area contributed by atoms with Crippen molar-refractivity contribution >= 4 is 17.7 Å². The second-order valence-electron chi connectivity index (χ2n) is 3.70. The van der Waals surface area contributed by atoms with Gasteiger partial charge in [-0.25, -0.2) is 4.79 Å². The number of primary amides is 1. The average Bonchev–Trinajstić information content (AvgIpc) is 2.28. The van der Waals surface area contributed by atoms with Crippen molar-refractivity contribution in [2.24, 2.45) is 5.73 Å². The molecule has 6 nitrogen and oxygen atoms in total. The molecule has 0 aliphatic heterocycles. The van der Waals surface area contributed by atoms with Crippen LogP contribution in [0.1, 0.15) is 24.2 Å². The second kappa shape index (κ2) is 5.81. The second-order valence-corrected chi connectivity index (χ2v) is 3.70. The van der Waals surface area contributed by atoms with Crippen LogP contribution >= 0.6 is 0 Å². The number of nitrogens with one attached hydrogen (secondary N) is 1. The molecule has 0 spiro atoms. The fourth-order valence-corrected chi connectivity index (χ4v) is 1.27. The number of nitrogens with two attached hydrogens (primary N) is 1. The van der Waals surface area contributed by atoms with E-state index in [1.54, 1.807) is 18.2 Å². The number of ketones is 1. The van der Waals surface area contributed by atoms with Crippen molar-refractivity contribution < 1.29 is 19.1 Å². The first kappa shape index (κ1) is 13.7. The maximum Gasteiger partial charge on any atom is 0.318 e. The topological polar surface area (TPSA) is 98.5 Å².